The maximum absolute atomic E-state index is 12.0. The van der Waals surface area contributed by atoms with Gasteiger partial charge in [-0.3, -0.25) is 14.4 Å². The van der Waals surface area contributed by atoms with Gasteiger partial charge in [-0.15, -0.1) is 0 Å². The number of Topliss-reactive ketones (excluding diaryl/α,β-unsaturated/α-hetero) is 1. The van der Waals surface area contributed by atoms with Gasteiger partial charge in [0.25, 0.3) is 0 Å². The molecular weight excluding hydrogens is 270 g/mol. The lowest BCUT2D eigenvalue weighted by Gasteiger charge is -2.06. The van der Waals surface area contributed by atoms with Gasteiger partial charge in [-0.2, -0.15) is 0 Å². The van der Waals surface area contributed by atoms with E-state index in [-0.39, 0.29) is 31.3 Å². The number of esters is 1. The number of amides is 1. The van der Waals surface area contributed by atoms with E-state index in [1.54, 1.807) is 6.07 Å². The second-order valence-electron chi connectivity index (χ2n) is 5.15. The van der Waals surface area contributed by atoms with Crippen molar-refractivity contribution < 1.29 is 19.1 Å². The number of benzene rings is 1. The third-order valence-corrected chi connectivity index (χ3v) is 3.49. The number of aryl methyl sites for hydroxylation is 2. The fraction of sp³-hybridized carbons (Fsp3) is 0.438. The number of hydrogen-bond acceptors (Lipinski definition) is 4. The minimum absolute atomic E-state index is 0.0665. The van der Waals surface area contributed by atoms with Crippen LogP contribution in [0.25, 0.3) is 0 Å². The summed E-state index contributed by atoms with van der Waals surface area (Å²) in [5.41, 5.74) is 3.11. The van der Waals surface area contributed by atoms with Crippen molar-refractivity contribution in [2.24, 2.45) is 0 Å². The van der Waals surface area contributed by atoms with Crippen molar-refractivity contribution in [3.63, 3.8) is 0 Å². The first kappa shape index (κ1) is 15.2. The van der Waals surface area contributed by atoms with E-state index in [1.165, 1.54) is 18.1 Å². The van der Waals surface area contributed by atoms with Gasteiger partial charge in [-0.25, -0.2) is 0 Å². The molecule has 0 unspecified atom stereocenters. The highest BCUT2D eigenvalue weighted by Crippen LogP contribution is 2.22. The number of carbonyl (C=O) groups is 3. The Balaban J connectivity index is 1.79. The highest BCUT2D eigenvalue weighted by molar-refractivity contribution is 5.98. The van der Waals surface area contributed by atoms with Crippen molar-refractivity contribution in [1.29, 1.82) is 0 Å². The Labute approximate surface area is 123 Å². The molecule has 0 bridgehead atoms. The average Bonchev–Trinajstić information content (AvgIpc) is 2.91. The maximum atomic E-state index is 12.0. The second kappa shape index (κ2) is 7.02. The van der Waals surface area contributed by atoms with E-state index in [9.17, 15) is 14.4 Å². The van der Waals surface area contributed by atoms with Crippen LogP contribution in [0, 0.1) is 0 Å². The third-order valence-electron chi connectivity index (χ3n) is 3.49. The summed E-state index contributed by atoms with van der Waals surface area (Å²) in [7, 11) is 0. The molecule has 21 heavy (non-hydrogen) atoms. The number of rotatable bonds is 6. The van der Waals surface area contributed by atoms with Crippen molar-refractivity contribution in [3.8, 4) is 0 Å². The van der Waals surface area contributed by atoms with Crippen LogP contribution < -0.4 is 5.32 Å². The standard InChI is InChI=1S/C16H19NO4/c1-11(18)17-8-7-16(20)21-10-15(19)14-6-5-12-3-2-4-13(12)9-14/h5-6,9H,2-4,7-8,10H2,1H3,(H,17,18). The fourth-order valence-electron chi connectivity index (χ4n) is 2.39. The highest BCUT2D eigenvalue weighted by Gasteiger charge is 2.15. The van der Waals surface area contributed by atoms with E-state index in [4.69, 9.17) is 4.74 Å². The zero-order valence-corrected chi connectivity index (χ0v) is 12.1. The number of ether oxygens (including phenoxy) is 1. The van der Waals surface area contributed by atoms with Crippen molar-refractivity contribution >= 4 is 17.7 Å². The van der Waals surface area contributed by atoms with E-state index in [0.29, 0.717) is 5.56 Å². The van der Waals surface area contributed by atoms with Gasteiger partial charge in [0.15, 0.2) is 12.4 Å². The molecule has 0 heterocycles. The summed E-state index contributed by atoms with van der Waals surface area (Å²) >= 11 is 0. The average molecular weight is 289 g/mol. The van der Waals surface area contributed by atoms with Crippen molar-refractivity contribution in [3.05, 3.63) is 34.9 Å². The van der Waals surface area contributed by atoms with Crippen molar-refractivity contribution in [2.75, 3.05) is 13.2 Å². The van der Waals surface area contributed by atoms with Gasteiger partial charge in [-0.1, -0.05) is 12.1 Å². The predicted molar refractivity (Wildman–Crippen MR) is 77.1 cm³/mol. The number of ketones is 1. The first-order valence-electron chi connectivity index (χ1n) is 7.11. The zero-order valence-electron chi connectivity index (χ0n) is 12.1. The topological polar surface area (TPSA) is 72.5 Å². The third kappa shape index (κ3) is 4.41. The molecule has 1 aromatic rings. The lowest BCUT2D eigenvalue weighted by Crippen LogP contribution is -2.24. The van der Waals surface area contributed by atoms with Gasteiger partial charge in [0, 0.05) is 19.0 Å². The normalized spacial score (nSPS) is 12.6. The molecule has 0 saturated carbocycles. The number of carbonyl (C=O) groups excluding carboxylic acids is 3. The summed E-state index contributed by atoms with van der Waals surface area (Å²) < 4.78 is 4.92. The molecule has 0 saturated heterocycles. The molecular formula is C16H19NO4. The molecule has 2 rings (SSSR count). The molecule has 1 aliphatic carbocycles. The number of hydrogen-bond donors (Lipinski definition) is 1. The Morgan fingerprint density at radius 1 is 1.19 bits per heavy atom. The van der Waals surface area contributed by atoms with Crippen LogP contribution in [0.2, 0.25) is 0 Å². The molecule has 0 radical (unpaired) electrons. The summed E-state index contributed by atoms with van der Waals surface area (Å²) in [4.78, 5) is 34.1. The van der Waals surface area contributed by atoms with E-state index < -0.39 is 5.97 Å². The van der Waals surface area contributed by atoms with Gasteiger partial charge in [0.05, 0.1) is 6.42 Å². The molecule has 0 aliphatic heterocycles. The quantitative estimate of drug-likeness (QED) is 0.635. The Morgan fingerprint density at radius 3 is 2.71 bits per heavy atom. The Hall–Kier alpha value is -2.17. The molecule has 112 valence electrons. The molecule has 0 aromatic heterocycles. The zero-order chi connectivity index (χ0) is 15.2. The molecule has 5 heteroatoms. The van der Waals surface area contributed by atoms with Gasteiger partial charge in [0.2, 0.25) is 5.91 Å². The van der Waals surface area contributed by atoms with Gasteiger partial charge in [0.1, 0.15) is 0 Å². The largest absolute Gasteiger partial charge is 0.457 e. The van der Waals surface area contributed by atoms with Crippen LogP contribution in [0.4, 0.5) is 0 Å². The molecule has 1 amide bonds. The van der Waals surface area contributed by atoms with Crippen molar-refractivity contribution in [2.45, 2.75) is 32.6 Å². The Kier molecular flexibility index (Phi) is 5.09. The van der Waals surface area contributed by atoms with Crippen molar-refractivity contribution in [1.82, 2.24) is 5.32 Å². The molecule has 0 fully saturated rings. The smallest absolute Gasteiger partial charge is 0.308 e. The van der Waals surface area contributed by atoms with Crippen LogP contribution in [-0.2, 0) is 27.2 Å². The molecule has 5 nitrogen and oxygen atoms in total. The summed E-state index contributed by atoms with van der Waals surface area (Å²) in [5, 5.41) is 2.50. The maximum Gasteiger partial charge on any atom is 0.308 e. The first-order chi connectivity index (χ1) is 10.1. The summed E-state index contributed by atoms with van der Waals surface area (Å²) in [6.07, 6.45) is 3.27. The number of nitrogens with one attached hydrogen (secondary N) is 1. The Bertz CT molecular complexity index is 565. The van der Waals surface area contributed by atoms with E-state index in [0.717, 1.165) is 19.3 Å². The lowest BCUT2D eigenvalue weighted by atomic mass is 10.0. The van der Waals surface area contributed by atoms with Crippen LogP contribution in [0.5, 0.6) is 0 Å². The first-order valence-corrected chi connectivity index (χ1v) is 7.11. The lowest BCUT2D eigenvalue weighted by molar-refractivity contribution is -0.142. The fourth-order valence-corrected chi connectivity index (χ4v) is 2.39. The van der Waals surface area contributed by atoms with Gasteiger partial charge in [-0.05, 0) is 36.5 Å². The summed E-state index contributed by atoms with van der Waals surface area (Å²) in [6, 6.07) is 5.67. The van der Waals surface area contributed by atoms with Gasteiger partial charge >= 0.3 is 5.97 Å². The SMILES string of the molecule is CC(=O)NCCC(=O)OCC(=O)c1ccc2c(c1)CCC2. The van der Waals surface area contributed by atoms with Crippen LogP contribution in [-0.4, -0.2) is 30.8 Å². The molecule has 1 aromatic carbocycles. The minimum atomic E-state index is -0.488. The van der Waals surface area contributed by atoms with E-state index in [1.807, 2.05) is 12.1 Å². The monoisotopic (exact) mass is 289 g/mol. The molecule has 0 atom stereocenters. The molecule has 0 spiro atoms. The van der Waals surface area contributed by atoms with E-state index in [2.05, 4.69) is 5.32 Å². The molecule has 1 aliphatic rings. The van der Waals surface area contributed by atoms with Crippen LogP contribution >= 0.6 is 0 Å². The summed E-state index contributed by atoms with van der Waals surface area (Å²) in [5.74, 6) is -0.882. The summed E-state index contributed by atoms with van der Waals surface area (Å²) in [6.45, 7) is 1.35. The Morgan fingerprint density at radius 2 is 1.95 bits per heavy atom. The van der Waals surface area contributed by atoms with Gasteiger partial charge < -0.3 is 10.1 Å². The number of fused-ring (bicyclic) bond motifs is 1. The second-order valence-corrected chi connectivity index (χ2v) is 5.15. The van der Waals surface area contributed by atoms with Crippen LogP contribution in [0.3, 0.4) is 0 Å². The van der Waals surface area contributed by atoms with Crippen LogP contribution in [0.1, 0.15) is 41.3 Å². The van der Waals surface area contributed by atoms with E-state index >= 15 is 0 Å². The predicted octanol–water partition coefficient (Wildman–Crippen LogP) is 1.43. The highest BCUT2D eigenvalue weighted by atomic mass is 16.5. The van der Waals surface area contributed by atoms with Crippen LogP contribution in [0.15, 0.2) is 18.2 Å². The minimum Gasteiger partial charge on any atom is -0.457 e. The molecule has 1 N–H and O–H groups in total.